The van der Waals surface area contributed by atoms with Crippen LogP contribution in [0.1, 0.15) is 30.2 Å². The van der Waals surface area contributed by atoms with Crippen LogP contribution in [0.25, 0.3) is 0 Å². The molecule has 0 saturated carbocycles. The zero-order valence-corrected chi connectivity index (χ0v) is 16.1. The maximum Gasteiger partial charge on any atom is 0.404 e. The summed E-state index contributed by atoms with van der Waals surface area (Å²) in [4.78, 5) is 28.4. The molecule has 0 radical (unpaired) electrons. The highest BCUT2D eigenvalue weighted by Crippen LogP contribution is 2.18. The van der Waals surface area contributed by atoms with Crippen LogP contribution in [0.15, 0.2) is 29.6 Å². The lowest BCUT2D eigenvalue weighted by Crippen LogP contribution is -2.35. The van der Waals surface area contributed by atoms with Gasteiger partial charge < -0.3 is 15.7 Å². The molecule has 0 spiro atoms. The molecule has 3 N–H and O–H groups in total. The number of carbonyl (C=O) groups excluding carboxylic acids is 1. The molecule has 1 fully saturated rings. The predicted molar refractivity (Wildman–Crippen MR) is 105 cm³/mol. The number of amides is 2. The summed E-state index contributed by atoms with van der Waals surface area (Å²) in [5, 5.41) is 16.7. The average Bonchev–Trinajstić information content (AvgIpc) is 3.23. The van der Waals surface area contributed by atoms with Crippen LogP contribution in [0.4, 0.5) is 9.93 Å². The molecule has 1 aromatic heterocycles. The quantitative estimate of drug-likeness (QED) is 0.678. The van der Waals surface area contributed by atoms with E-state index >= 15 is 0 Å². The van der Waals surface area contributed by atoms with Crippen molar-refractivity contribution in [1.29, 1.82) is 0 Å². The van der Waals surface area contributed by atoms with E-state index in [0.29, 0.717) is 5.13 Å². The van der Waals surface area contributed by atoms with Crippen molar-refractivity contribution in [2.24, 2.45) is 0 Å². The summed E-state index contributed by atoms with van der Waals surface area (Å²) in [7, 11) is 0. The summed E-state index contributed by atoms with van der Waals surface area (Å²) in [6.07, 6.45) is 1.65. The fourth-order valence-electron chi connectivity index (χ4n) is 3.24. The van der Waals surface area contributed by atoms with Crippen LogP contribution >= 0.6 is 11.3 Å². The molecule has 1 aliphatic heterocycles. The van der Waals surface area contributed by atoms with E-state index < -0.39 is 6.09 Å². The van der Waals surface area contributed by atoms with E-state index in [2.05, 4.69) is 44.8 Å². The van der Waals surface area contributed by atoms with Crippen LogP contribution in [0.5, 0.6) is 0 Å². The number of carbonyl (C=O) groups is 2. The molecule has 2 aromatic rings. The molecule has 1 atom stereocenters. The summed E-state index contributed by atoms with van der Waals surface area (Å²) in [6.45, 7) is 3.99. The van der Waals surface area contributed by atoms with Crippen LogP contribution in [0.2, 0.25) is 0 Å². The second-order valence-corrected chi connectivity index (χ2v) is 7.67. The molecule has 1 aliphatic rings. The van der Waals surface area contributed by atoms with Gasteiger partial charge in [0, 0.05) is 38.0 Å². The Balaban J connectivity index is 1.45. The van der Waals surface area contributed by atoms with Crippen LogP contribution in [0.3, 0.4) is 0 Å². The maximum atomic E-state index is 11.0. The number of carboxylic acid groups (broad SMARTS) is 1. The molecule has 1 aromatic carbocycles. The highest BCUT2D eigenvalue weighted by atomic mass is 32.1. The Hall–Kier alpha value is -2.45. The molecule has 0 aliphatic carbocycles. The van der Waals surface area contributed by atoms with E-state index in [0.717, 1.165) is 44.6 Å². The molecule has 8 heteroatoms. The van der Waals surface area contributed by atoms with Crippen molar-refractivity contribution in [2.75, 3.05) is 18.4 Å². The molecular weight excluding hydrogens is 364 g/mol. The minimum absolute atomic E-state index is 0.0299. The number of anilines is 1. The zero-order chi connectivity index (χ0) is 19.2. The molecule has 2 heterocycles. The molecule has 3 rings (SSSR count). The van der Waals surface area contributed by atoms with Gasteiger partial charge in [-0.2, -0.15) is 0 Å². The Labute approximate surface area is 162 Å². The fraction of sp³-hybridized carbons (Fsp3) is 0.421. The van der Waals surface area contributed by atoms with Gasteiger partial charge in [-0.1, -0.05) is 24.3 Å². The third kappa shape index (κ3) is 6.04. The summed E-state index contributed by atoms with van der Waals surface area (Å²) >= 11 is 1.45. The lowest BCUT2D eigenvalue weighted by atomic mass is 10.1. The van der Waals surface area contributed by atoms with Gasteiger partial charge in [-0.05, 0) is 30.4 Å². The molecule has 7 nitrogen and oxygen atoms in total. The summed E-state index contributed by atoms with van der Waals surface area (Å²) < 4.78 is 0. The van der Waals surface area contributed by atoms with Gasteiger partial charge in [-0.3, -0.25) is 9.69 Å². The first-order chi connectivity index (χ1) is 13.0. The van der Waals surface area contributed by atoms with Crippen molar-refractivity contribution < 1.29 is 14.7 Å². The Bertz CT molecular complexity index is 791. The van der Waals surface area contributed by atoms with Crippen LogP contribution in [0, 0.1) is 0 Å². The van der Waals surface area contributed by atoms with Crippen LogP contribution in [-0.4, -0.2) is 46.1 Å². The number of thiazole rings is 1. The van der Waals surface area contributed by atoms with Gasteiger partial charge in [0.2, 0.25) is 5.91 Å². The van der Waals surface area contributed by atoms with Crippen molar-refractivity contribution in [2.45, 2.75) is 38.8 Å². The number of hydrogen-bond acceptors (Lipinski definition) is 5. The molecular formula is C19H24N4O3S. The number of nitrogens with zero attached hydrogens (tertiary/aromatic N) is 2. The lowest BCUT2D eigenvalue weighted by Gasteiger charge is -2.16. The summed E-state index contributed by atoms with van der Waals surface area (Å²) in [5.41, 5.74) is 3.47. The van der Waals surface area contributed by atoms with Gasteiger partial charge in [0.15, 0.2) is 5.13 Å². The first-order valence-electron chi connectivity index (χ1n) is 8.99. The third-order valence-corrected chi connectivity index (χ3v) is 5.34. The Morgan fingerprint density at radius 1 is 1.26 bits per heavy atom. The maximum absolute atomic E-state index is 11.0. The number of benzene rings is 1. The van der Waals surface area contributed by atoms with Gasteiger partial charge in [0.25, 0.3) is 0 Å². The molecule has 1 saturated heterocycles. The predicted octanol–water partition coefficient (Wildman–Crippen LogP) is 2.73. The first kappa shape index (κ1) is 19.3. The second kappa shape index (κ2) is 8.96. The molecule has 1 unspecified atom stereocenters. The van der Waals surface area contributed by atoms with Gasteiger partial charge >= 0.3 is 6.09 Å². The summed E-state index contributed by atoms with van der Waals surface area (Å²) in [6, 6.07) is 8.58. The van der Waals surface area contributed by atoms with Gasteiger partial charge in [0.05, 0.1) is 5.69 Å². The summed E-state index contributed by atoms with van der Waals surface area (Å²) in [5.74, 6) is -0.102. The van der Waals surface area contributed by atoms with E-state index in [-0.39, 0.29) is 11.9 Å². The second-order valence-electron chi connectivity index (χ2n) is 6.81. The fourth-order valence-corrected chi connectivity index (χ4v) is 4.03. The van der Waals surface area contributed by atoms with Crippen molar-refractivity contribution >= 4 is 28.5 Å². The van der Waals surface area contributed by atoms with E-state index in [1.807, 2.05) is 5.38 Å². The lowest BCUT2D eigenvalue weighted by molar-refractivity contribution is -0.114. The van der Waals surface area contributed by atoms with Crippen LogP contribution in [-0.2, 0) is 24.2 Å². The zero-order valence-electron chi connectivity index (χ0n) is 15.3. The van der Waals surface area contributed by atoms with E-state index in [9.17, 15) is 9.59 Å². The largest absolute Gasteiger partial charge is 0.465 e. The van der Waals surface area contributed by atoms with E-state index in [1.165, 1.54) is 29.4 Å². The SMILES string of the molecule is CC(=O)Nc1nc(CCc2ccc(CN3CCC(NC(=O)O)C3)cc2)cs1. The van der Waals surface area contributed by atoms with Gasteiger partial charge in [0.1, 0.15) is 0 Å². The average molecular weight is 388 g/mol. The topological polar surface area (TPSA) is 94.6 Å². The van der Waals surface area contributed by atoms with E-state index in [1.54, 1.807) is 0 Å². The molecule has 0 bridgehead atoms. The highest BCUT2D eigenvalue weighted by molar-refractivity contribution is 7.13. The van der Waals surface area contributed by atoms with Crippen molar-refractivity contribution in [3.8, 4) is 0 Å². The smallest absolute Gasteiger partial charge is 0.404 e. The van der Waals surface area contributed by atoms with Crippen molar-refractivity contribution in [3.63, 3.8) is 0 Å². The Morgan fingerprint density at radius 3 is 2.70 bits per heavy atom. The van der Waals surface area contributed by atoms with Crippen LogP contribution < -0.4 is 10.6 Å². The number of aromatic nitrogens is 1. The Kier molecular flexibility index (Phi) is 6.41. The Morgan fingerprint density at radius 2 is 2.00 bits per heavy atom. The van der Waals surface area contributed by atoms with Crippen molar-refractivity contribution in [1.82, 2.24) is 15.2 Å². The molecule has 2 amide bonds. The standard InChI is InChI=1S/C19H24N4O3S/c1-13(24)20-18-21-17(12-27-18)7-6-14-2-4-15(5-3-14)10-23-9-8-16(11-23)22-19(25)26/h2-5,12,16,22H,6-11H2,1H3,(H,25,26)(H,20,21,24). The number of likely N-dealkylation sites (tertiary alicyclic amines) is 1. The van der Waals surface area contributed by atoms with Crippen molar-refractivity contribution in [3.05, 3.63) is 46.5 Å². The number of aryl methyl sites for hydroxylation is 2. The number of nitrogens with one attached hydrogen (secondary N) is 2. The highest BCUT2D eigenvalue weighted by Gasteiger charge is 2.23. The molecule has 144 valence electrons. The normalized spacial score (nSPS) is 17.0. The minimum Gasteiger partial charge on any atom is -0.465 e. The monoisotopic (exact) mass is 388 g/mol. The minimum atomic E-state index is -0.949. The van der Waals surface area contributed by atoms with E-state index in [4.69, 9.17) is 5.11 Å². The van der Waals surface area contributed by atoms with Gasteiger partial charge in [-0.15, -0.1) is 11.3 Å². The number of hydrogen-bond donors (Lipinski definition) is 3. The number of rotatable bonds is 7. The third-order valence-electron chi connectivity index (χ3n) is 4.53. The first-order valence-corrected chi connectivity index (χ1v) is 9.87. The van der Waals surface area contributed by atoms with Gasteiger partial charge in [-0.25, -0.2) is 9.78 Å². The molecule has 27 heavy (non-hydrogen) atoms.